The van der Waals surface area contributed by atoms with Crippen molar-refractivity contribution < 1.29 is 13.9 Å². The predicted molar refractivity (Wildman–Crippen MR) is 87.4 cm³/mol. The molecule has 1 atom stereocenters. The van der Waals surface area contributed by atoms with Crippen LogP contribution in [0.2, 0.25) is 0 Å². The third kappa shape index (κ3) is 6.57. The largest absolute Gasteiger partial charge is 0.468 e. The highest BCUT2D eigenvalue weighted by molar-refractivity contribution is 7.98. The number of carbonyl (C=O) groups excluding carboxylic acids is 1. The van der Waals surface area contributed by atoms with Gasteiger partial charge in [0, 0.05) is 0 Å². The molecule has 0 spiro atoms. The number of nitrogens with one attached hydrogen (secondary N) is 1. The van der Waals surface area contributed by atoms with Gasteiger partial charge in [0.2, 0.25) is 0 Å². The van der Waals surface area contributed by atoms with E-state index in [1.54, 1.807) is 6.26 Å². The monoisotopic (exact) mass is 313 g/mol. The molecule has 0 radical (unpaired) electrons. The van der Waals surface area contributed by atoms with Gasteiger partial charge in [-0.05, 0) is 50.6 Å². The number of unbranched alkanes of at least 4 members (excludes halogenated alkanes) is 1. The van der Waals surface area contributed by atoms with Crippen LogP contribution in [0.3, 0.4) is 0 Å². The van der Waals surface area contributed by atoms with Crippen LogP contribution in [0, 0.1) is 0 Å². The summed E-state index contributed by atoms with van der Waals surface area (Å²) in [4.78, 5) is 11.9. The average Bonchev–Trinajstić information content (AvgIpc) is 3.01. The van der Waals surface area contributed by atoms with Gasteiger partial charge in [0.1, 0.15) is 11.3 Å². The van der Waals surface area contributed by atoms with E-state index in [-0.39, 0.29) is 5.97 Å². The van der Waals surface area contributed by atoms with Crippen molar-refractivity contribution in [3.63, 3.8) is 0 Å². The van der Waals surface area contributed by atoms with Gasteiger partial charge in [0.05, 0.1) is 19.1 Å². The van der Waals surface area contributed by atoms with E-state index in [1.165, 1.54) is 7.11 Å². The second kappa shape index (κ2) is 9.90. The van der Waals surface area contributed by atoms with Gasteiger partial charge < -0.3 is 14.5 Å². The van der Waals surface area contributed by atoms with Crippen LogP contribution < -0.4 is 5.32 Å². The molecule has 1 unspecified atom stereocenters. The van der Waals surface area contributed by atoms with Crippen LogP contribution in [0.15, 0.2) is 22.8 Å². The maximum absolute atomic E-state index is 11.9. The lowest BCUT2D eigenvalue weighted by Gasteiger charge is -2.28. The first-order valence-corrected chi connectivity index (χ1v) is 8.71. The normalized spacial score (nSPS) is 13.9. The molecule has 0 aromatic carbocycles. The summed E-state index contributed by atoms with van der Waals surface area (Å²) < 4.78 is 10.2. The maximum Gasteiger partial charge on any atom is 0.325 e. The van der Waals surface area contributed by atoms with Crippen LogP contribution in [-0.4, -0.2) is 30.9 Å². The van der Waals surface area contributed by atoms with E-state index in [1.807, 2.05) is 30.8 Å². The Morgan fingerprint density at radius 2 is 2.29 bits per heavy atom. The first-order valence-electron chi connectivity index (χ1n) is 7.56. The molecule has 0 amide bonds. The fourth-order valence-electron chi connectivity index (χ4n) is 2.14. The van der Waals surface area contributed by atoms with Crippen molar-refractivity contribution in [2.75, 3.05) is 19.4 Å². The molecule has 0 fully saturated rings. The quantitative estimate of drug-likeness (QED) is 0.499. The Morgan fingerprint density at radius 1 is 1.48 bits per heavy atom. The van der Waals surface area contributed by atoms with Gasteiger partial charge in [-0.2, -0.15) is 11.8 Å². The molecule has 1 aromatic rings. The topological polar surface area (TPSA) is 51.5 Å². The molecule has 1 rings (SSSR count). The summed E-state index contributed by atoms with van der Waals surface area (Å²) in [6.07, 6.45) is 5.61. The highest BCUT2D eigenvalue weighted by Crippen LogP contribution is 2.19. The molecule has 0 bridgehead atoms. The van der Waals surface area contributed by atoms with E-state index in [4.69, 9.17) is 9.15 Å². The minimum atomic E-state index is -0.559. The third-order valence-electron chi connectivity index (χ3n) is 3.44. The van der Waals surface area contributed by atoms with Crippen molar-refractivity contribution in [1.29, 1.82) is 0 Å². The summed E-state index contributed by atoms with van der Waals surface area (Å²) in [5.74, 6) is 2.84. The summed E-state index contributed by atoms with van der Waals surface area (Å²) in [6.45, 7) is 4.86. The fraction of sp³-hybridized carbons (Fsp3) is 0.688. The Morgan fingerprint density at radius 3 is 2.90 bits per heavy atom. The van der Waals surface area contributed by atoms with E-state index < -0.39 is 5.54 Å². The van der Waals surface area contributed by atoms with Gasteiger partial charge in [0.15, 0.2) is 0 Å². The zero-order valence-electron chi connectivity index (χ0n) is 13.3. The Bertz CT molecular complexity index is 394. The second-order valence-corrected chi connectivity index (χ2v) is 6.44. The minimum absolute atomic E-state index is 0.167. The second-order valence-electron chi connectivity index (χ2n) is 5.34. The average molecular weight is 313 g/mol. The minimum Gasteiger partial charge on any atom is -0.468 e. The molecular weight excluding hydrogens is 286 g/mol. The SMILES string of the molecule is CCCNC(C)(CCCCSCc1ccco1)C(=O)OC. The summed E-state index contributed by atoms with van der Waals surface area (Å²) in [7, 11) is 1.45. The molecule has 0 saturated carbocycles. The van der Waals surface area contributed by atoms with E-state index in [0.29, 0.717) is 0 Å². The molecule has 4 nitrogen and oxygen atoms in total. The van der Waals surface area contributed by atoms with Gasteiger partial charge in [0.25, 0.3) is 0 Å². The first kappa shape index (κ1) is 18.1. The maximum atomic E-state index is 11.9. The molecule has 0 saturated heterocycles. The number of rotatable bonds is 11. The molecule has 0 aliphatic carbocycles. The third-order valence-corrected chi connectivity index (χ3v) is 4.51. The Kier molecular flexibility index (Phi) is 8.54. The van der Waals surface area contributed by atoms with Crippen molar-refractivity contribution in [2.45, 2.75) is 50.8 Å². The highest BCUT2D eigenvalue weighted by Gasteiger charge is 2.32. The lowest BCUT2D eigenvalue weighted by molar-refractivity contribution is -0.148. The Labute approximate surface area is 132 Å². The molecule has 1 aromatic heterocycles. The summed E-state index contributed by atoms with van der Waals surface area (Å²) in [5, 5.41) is 3.31. The number of thioether (sulfide) groups is 1. The van der Waals surface area contributed by atoms with Gasteiger partial charge in [-0.15, -0.1) is 0 Å². The van der Waals surface area contributed by atoms with Crippen LogP contribution in [-0.2, 0) is 15.3 Å². The van der Waals surface area contributed by atoms with Crippen molar-refractivity contribution in [3.8, 4) is 0 Å². The van der Waals surface area contributed by atoms with Gasteiger partial charge >= 0.3 is 5.97 Å². The number of ether oxygens (including phenoxy) is 1. The molecule has 0 aliphatic heterocycles. The highest BCUT2D eigenvalue weighted by atomic mass is 32.2. The predicted octanol–water partition coefficient (Wildman–Crippen LogP) is 3.61. The van der Waals surface area contributed by atoms with Crippen LogP contribution in [0.25, 0.3) is 0 Å². The number of hydrogen-bond acceptors (Lipinski definition) is 5. The zero-order chi connectivity index (χ0) is 15.6. The van der Waals surface area contributed by atoms with E-state index in [9.17, 15) is 4.79 Å². The standard InChI is InChI=1S/C16H27NO3S/c1-4-10-17-16(2,15(18)19-3)9-5-6-12-21-13-14-8-7-11-20-14/h7-8,11,17H,4-6,9-10,12-13H2,1-3H3. The molecule has 1 N–H and O–H groups in total. The van der Waals surface area contributed by atoms with Crippen molar-refractivity contribution >= 4 is 17.7 Å². The lowest BCUT2D eigenvalue weighted by atomic mass is 9.95. The van der Waals surface area contributed by atoms with Crippen molar-refractivity contribution in [3.05, 3.63) is 24.2 Å². The van der Waals surface area contributed by atoms with Crippen LogP contribution in [0.4, 0.5) is 0 Å². The van der Waals surface area contributed by atoms with E-state index in [2.05, 4.69) is 12.2 Å². The summed E-state index contributed by atoms with van der Waals surface area (Å²) in [6, 6.07) is 3.91. The molecule has 0 aliphatic rings. The van der Waals surface area contributed by atoms with Crippen LogP contribution >= 0.6 is 11.8 Å². The lowest BCUT2D eigenvalue weighted by Crippen LogP contribution is -2.50. The Balaban J connectivity index is 2.21. The van der Waals surface area contributed by atoms with Gasteiger partial charge in [-0.1, -0.05) is 13.3 Å². The molecular formula is C16H27NO3S. The molecule has 21 heavy (non-hydrogen) atoms. The van der Waals surface area contributed by atoms with Crippen LogP contribution in [0.1, 0.15) is 45.3 Å². The van der Waals surface area contributed by atoms with Gasteiger partial charge in [-0.3, -0.25) is 4.79 Å². The first-order chi connectivity index (χ1) is 10.1. The number of methoxy groups -OCH3 is 1. The van der Waals surface area contributed by atoms with E-state index >= 15 is 0 Å². The molecule has 5 heteroatoms. The number of hydrogen-bond donors (Lipinski definition) is 1. The zero-order valence-corrected chi connectivity index (χ0v) is 14.1. The number of esters is 1. The smallest absolute Gasteiger partial charge is 0.325 e. The van der Waals surface area contributed by atoms with E-state index in [0.717, 1.165) is 49.5 Å². The van der Waals surface area contributed by atoms with Crippen molar-refractivity contribution in [1.82, 2.24) is 5.32 Å². The van der Waals surface area contributed by atoms with Crippen LogP contribution in [0.5, 0.6) is 0 Å². The molecule has 120 valence electrons. The summed E-state index contributed by atoms with van der Waals surface area (Å²) in [5.41, 5.74) is -0.559. The summed E-state index contributed by atoms with van der Waals surface area (Å²) >= 11 is 1.86. The number of furan rings is 1. The van der Waals surface area contributed by atoms with Crippen molar-refractivity contribution in [2.24, 2.45) is 0 Å². The Hall–Kier alpha value is -0.940. The molecule has 1 heterocycles. The fourth-order valence-corrected chi connectivity index (χ4v) is 3.06. The van der Waals surface area contributed by atoms with Gasteiger partial charge in [-0.25, -0.2) is 0 Å². The number of carbonyl (C=O) groups is 1.